The fourth-order valence-corrected chi connectivity index (χ4v) is 3.91. The first-order valence-electron chi connectivity index (χ1n) is 8.29. The monoisotopic (exact) mass is 391 g/mol. The van der Waals surface area contributed by atoms with Gasteiger partial charge >= 0.3 is 0 Å². The predicted molar refractivity (Wildman–Crippen MR) is 97.6 cm³/mol. The molecule has 2 aromatic carbocycles. The number of nitrogens with one attached hydrogen (secondary N) is 1. The number of nitrogens with zero attached hydrogens (tertiary/aromatic N) is 2. The Bertz CT molecular complexity index is 1060. The first kappa shape index (κ1) is 19.2. The molecule has 3 aromatic rings. The van der Waals surface area contributed by atoms with E-state index in [1.165, 1.54) is 0 Å². The topological polar surface area (TPSA) is 64.0 Å². The van der Waals surface area contributed by atoms with Crippen LogP contribution in [0.25, 0.3) is 0 Å². The maximum absolute atomic E-state index is 13.8. The molecule has 0 aliphatic carbocycles. The molecule has 0 bridgehead atoms. The molecule has 1 aromatic heterocycles. The lowest BCUT2D eigenvalue weighted by Crippen LogP contribution is -2.25. The van der Waals surface area contributed by atoms with Crippen molar-refractivity contribution in [3.05, 3.63) is 82.7 Å². The zero-order valence-corrected chi connectivity index (χ0v) is 15.7. The fraction of sp³-hybridized carbons (Fsp3) is 0.211. The number of benzene rings is 2. The lowest BCUT2D eigenvalue weighted by Gasteiger charge is -2.09. The van der Waals surface area contributed by atoms with Gasteiger partial charge in [-0.15, -0.1) is 0 Å². The molecular formula is C19H19F2N3O2S. The number of hydrogen-bond donors (Lipinski definition) is 1. The average molecular weight is 391 g/mol. The van der Waals surface area contributed by atoms with Gasteiger partial charge in [0.15, 0.2) is 0 Å². The van der Waals surface area contributed by atoms with Gasteiger partial charge in [-0.1, -0.05) is 30.3 Å². The van der Waals surface area contributed by atoms with Gasteiger partial charge in [0, 0.05) is 17.8 Å². The van der Waals surface area contributed by atoms with E-state index < -0.39 is 26.6 Å². The minimum absolute atomic E-state index is 0.0647. The van der Waals surface area contributed by atoms with Gasteiger partial charge in [-0.25, -0.2) is 21.9 Å². The molecule has 0 atom stereocenters. The highest BCUT2D eigenvalue weighted by Gasteiger charge is 2.21. The second-order valence-electron chi connectivity index (χ2n) is 6.19. The van der Waals surface area contributed by atoms with Crippen LogP contribution in [0.15, 0.2) is 53.4 Å². The first-order valence-corrected chi connectivity index (χ1v) is 9.78. The van der Waals surface area contributed by atoms with Crippen molar-refractivity contribution in [2.24, 2.45) is 0 Å². The predicted octanol–water partition coefficient (Wildman–Crippen LogP) is 3.30. The maximum atomic E-state index is 13.8. The van der Waals surface area contributed by atoms with E-state index in [-0.39, 0.29) is 6.54 Å². The second kappa shape index (κ2) is 7.58. The molecule has 0 aliphatic rings. The summed E-state index contributed by atoms with van der Waals surface area (Å²) in [6.07, 6.45) is 0. The summed E-state index contributed by atoms with van der Waals surface area (Å²) in [5, 5.41) is 4.46. The largest absolute Gasteiger partial charge is 0.265 e. The van der Waals surface area contributed by atoms with Crippen molar-refractivity contribution >= 4 is 10.0 Å². The van der Waals surface area contributed by atoms with E-state index in [0.29, 0.717) is 23.9 Å². The van der Waals surface area contributed by atoms with Crippen molar-refractivity contribution in [3.8, 4) is 0 Å². The molecule has 0 radical (unpaired) electrons. The molecule has 142 valence electrons. The van der Waals surface area contributed by atoms with Crippen LogP contribution in [0.5, 0.6) is 0 Å². The normalized spacial score (nSPS) is 11.7. The highest BCUT2D eigenvalue weighted by atomic mass is 32.2. The molecule has 8 heteroatoms. The number of rotatable bonds is 6. The Morgan fingerprint density at radius 1 is 1.07 bits per heavy atom. The molecule has 0 fully saturated rings. The molecule has 1 heterocycles. The molecule has 0 spiro atoms. The first-order chi connectivity index (χ1) is 12.8. The van der Waals surface area contributed by atoms with Crippen LogP contribution in [0.4, 0.5) is 8.78 Å². The van der Waals surface area contributed by atoms with Crippen LogP contribution >= 0.6 is 0 Å². The van der Waals surface area contributed by atoms with E-state index in [1.54, 1.807) is 11.6 Å². The minimum Gasteiger partial charge on any atom is -0.265 e. The highest BCUT2D eigenvalue weighted by Crippen LogP contribution is 2.18. The molecule has 0 saturated carbocycles. The number of aryl methyl sites for hydroxylation is 1. The van der Waals surface area contributed by atoms with Gasteiger partial charge < -0.3 is 0 Å². The number of halogens is 2. The van der Waals surface area contributed by atoms with E-state index in [9.17, 15) is 17.2 Å². The summed E-state index contributed by atoms with van der Waals surface area (Å²) >= 11 is 0. The van der Waals surface area contributed by atoms with E-state index >= 15 is 0 Å². The van der Waals surface area contributed by atoms with Gasteiger partial charge in [-0.05, 0) is 37.6 Å². The Morgan fingerprint density at radius 2 is 1.78 bits per heavy atom. The molecule has 0 unspecified atom stereocenters. The average Bonchev–Trinajstić information content (AvgIpc) is 2.89. The van der Waals surface area contributed by atoms with E-state index in [1.807, 2.05) is 37.3 Å². The Labute approximate surface area is 156 Å². The molecular weight excluding hydrogens is 372 g/mol. The Morgan fingerprint density at radius 3 is 2.48 bits per heavy atom. The SMILES string of the molecule is Cc1nn(Cc2ccccc2)c(C)c1CNS(=O)(=O)c1cc(F)ccc1F. The van der Waals surface area contributed by atoms with Crippen molar-refractivity contribution < 1.29 is 17.2 Å². The third-order valence-electron chi connectivity index (χ3n) is 4.33. The van der Waals surface area contributed by atoms with Crippen molar-refractivity contribution in [3.63, 3.8) is 0 Å². The van der Waals surface area contributed by atoms with Gasteiger partial charge in [-0.3, -0.25) is 4.68 Å². The van der Waals surface area contributed by atoms with Gasteiger partial charge in [0.1, 0.15) is 16.5 Å². The summed E-state index contributed by atoms with van der Waals surface area (Å²) in [7, 11) is -4.20. The van der Waals surface area contributed by atoms with Crippen LogP contribution in [-0.2, 0) is 23.1 Å². The zero-order valence-electron chi connectivity index (χ0n) is 14.9. The molecule has 3 rings (SSSR count). The van der Waals surface area contributed by atoms with Crippen molar-refractivity contribution in [2.75, 3.05) is 0 Å². The Hall–Kier alpha value is -2.58. The second-order valence-corrected chi connectivity index (χ2v) is 7.93. The van der Waals surface area contributed by atoms with Gasteiger partial charge in [0.05, 0.1) is 12.2 Å². The van der Waals surface area contributed by atoms with E-state index in [2.05, 4.69) is 9.82 Å². The summed E-state index contributed by atoms with van der Waals surface area (Å²) in [4.78, 5) is -0.713. The number of aromatic nitrogens is 2. The van der Waals surface area contributed by atoms with E-state index in [0.717, 1.165) is 23.4 Å². The van der Waals surface area contributed by atoms with Crippen molar-refractivity contribution in [2.45, 2.75) is 31.8 Å². The third-order valence-corrected chi connectivity index (χ3v) is 5.74. The summed E-state index contributed by atoms with van der Waals surface area (Å²) < 4.78 is 55.9. The molecule has 0 aliphatic heterocycles. The van der Waals surface area contributed by atoms with Crippen LogP contribution in [0.3, 0.4) is 0 Å². The molecule has 1 N–H and O–H groups in total. The summed E-state index contributed by atoms with van der Waals surface area (Å²) in [6, 6.07) is 12.1. The van der Waals surface area contributed by atoms with Gasteiger partial charge in [0.25, 0.3) is 0 Å². The van der Waals surface area contributed by atoms with Crippen molar-refractivity contribution in [1.29, 1.82) is 0 Å². The highest BCUT2D eigenvalue weighted by molar-refractivity contribution is 7.89. The van der Waals surface area contributed by atoms with Crippen LogP contribution in [0.2, 0.25) is 0 Å². The van der Waals surface area contributed by atoms with Gasteiger partial charge in [-0.2, -0.15) is 5.10 Å². The van der Waals surface area contributed by atoms with Crippen LogP contribution in [0, 0.1) is 25.5 Å². The Kier molecular flexibility index (Phi) is 5.38. The molecule has 0 saturated heterocycles. The van der Waals surface area contributed by atoms with Crippen LogP contribution in [0.1, 0.15) is 22.5 Å². The fourth-order valence-electron chi connectivity index (χ4n) is 2.83. The number of sulfonamides is 1. The van der Waals surface area contributed by atoms with Crippen LogP contribution < -0.4 is 4.72 Å². The van der Waals surface area contributed by atoms with E-state index in [4.69, 9.17) is 0 Å². The third kappa shape index (κ3) is 4.23. The quantitative estimate of drug-likeness (QED) is 0.701. The zero-order chi connectivity index (χ0) is 19.6. The van der Waals surface area contributed by atoms with Crippen molar-refractivity contribution in [1.82, 2.24) is 14.5 Å². The molecule has 27 heavy (non-hydrogen) atoms. The number of hydrogen-bond acceptors (Lipinski definition) is 3. The van der Waals surface area contributed by atoms with Crippen LogP contribution in [-0.4, -0.2) is 18.2 Å². The minimum atomic E-state index is -4.20. The smallest absolute Gasteiger partial charge is 0.243 e. The summed E-state index contributed by atoms with van der Waals surface area (Å²) in [5.41, 5.74) is 3.24. The molecule has 0 amide bonds. The molecule has 5 nitrogen and oxygen atoms in total. The Balaban J connectivity index is 1.81. The summed E-state index contributed by atoms with van der Waals surface area (Å²) in [5.74, 6) is -1.82. The lowest BCUT2D eigenvalue weighted by molar-refractivity contribution is 0.545. The summed E-state index contributed by atoms with van der Waals surface area (Å²) in [6.45, 7) is 4.11. The standard InChI is InChI=1S/C19H19F2N3O2S/c1-13-17(14(2)24(23-13)12-15-6-4-3-5-7-15)11-22-27(25,26)19-10-16(20)8-9-18(19)21/h3-10,22H,11-12H2,1-2H3. The lowest BCUT2D eigenvalue weighted by atomic mass is 10.2. The maximum Gasteiger partial charge on any atom is 0.243 e. The van der Waals surface area contributed by atoms with Gasteiger partial charge in [0.2, 0.25) is 10.0 Å².